The molecule has 0 spiro atoms. The van der Waals surface area contributed by atoms with Crippen molar-refractivity contribution in [2.45, 2.75) is 13.3 Å². The van der Waals surface area contributed by atoms with Gasteiger partial charge in [-0.25, -0.2) is 0 Å². The highest BCUT2D eigenvalue weighted by atomic mass is 32.1. The van der Waals surface area contributed by atoms with E-state index in [4.69, 9.17) is 4.42 Å². The van der Waals surface area contributed by atoms with E-state index in [9.17, 15) is 0 Å². The third kappa shape index (κ3) is 1.30. The average Bonchev–Trinajstić information content (AvgIpc) is 2.75. The third-order valence-corrected chi connectivity index (χ3v) is 2.50. The van der Waals surface area contributed by atoms with Gasteiger partial charge in [-0.2, -0.15) is 11.3 Å². The van der Waals surface area contributed by atoms with Gasteiger partial charge in [-0.15, -0.1) is 0 Å². The molecule has 0 bridgehead atoms. The zero-order chi connectivity index (χ0) is 8.39. The van der Waals surface area contributed by atoms with Crippen molar-refractivity contribution in [3.8, 4) is 11.3 Å². The van der Waals surface area contributed by atoms with E-state index < -0.39 is 0 Å². The first-order valence-corrected chi connectivity index (χ1v) is 4.95. The summed E-state index contributed by atoms with van der Waals surface area (Å²) in [6, 6.07) is 6.14. The zero-order valence-corrected chi connectivity index (χ0v) is 7.73. The highest BCUT2D eigenvalue weighted by Crippen LogP contribution is 2.24. The highest BCUT2D eigenvalue weighted by molar-refractivity contribution is 7.08. The number of hydrogen-bond acceptors (Lipinski definition) is 2. The molecule has 2 heteroatoms. The van der Waals surface area contributed by atoms with Crippen LogP contribution in [0.25, 0.3) is 11.3 Å². The first-order chi connectivity index (χ1) is 5.90. The number of aryl methyl sites for hydroxylation is 1. The second-order valence-electron chi connectivity index (χ2n) is 2.63. The van der Waals surface area contributed by atoms with Gasteiger partial charge in [0.1, 0.15) is 11.5 Å². The fourth-order valence-electron chi connectivity index (χ4n) is 1.13. The Hall–Kier alpha value is -1.02. The minimum Gasteiger partial charge on any atom is -0.461 e. The first-order valence-electron chi connectivity index (χ1n) is 4.01. The fraction of sp³-hybridized carbons (Fsp3) is 0.200. The molecule has 1 nitrogen and oxygen atoms in total. The predicted molar refractivity (Wildman–Crippen MR) is 51.4 cm³/mol. The zero-order valence-electron chi connectivity index (χ0n) is 6.91. The minimum absolute atomic E-state index is 0.962. The van der Waals surface area contributed by atoms with Crippen molar-refractivity contribution < 1.29 is 4.42 Å². The molecule has 0 N–H and O–H groups in total. The van der Waals surface area contributed by atoms with Gasteiger partial charge in [0.25, 0.3) is 0 Å². The molecule has 0 aliphatic carbocycles. The Bertz CT molecular complexity index is 346. The van der Waals surface area contributed by atoms with Crippen molar-refractivity contribution in [1.82, 2.24) is 0 Å². The van der Waals surface area contributed by atoms with E-state index >= 15 is 0 Å². The molecule has 0 radical (unpaired) electrons. The molecular weight excluding hydrogens is 168 g/mol. The highest BCUT2D eigenvalue weighted by Gasteiger charge is 2.02. The Morgan fingerprint density at radius 3 is 2.83 bits per heavy atom. The van der Waals surface area contributed by atoms with Crippen LogP contribution in [0.15, 0.2) is 33.4 Å². The van der Waals surface area contributed by atoms with Crippen LogP contribution >= 0.6 is 11.3 Å². The van der Waals surface area contributed by atoms with E-state index in [1.54, 1.807) is 11.3 Å². The molecule has 2 heterocycles. The first kappa shape index (κ1) is 7.62. The average molecular weight is 178 g/mol. The summed E-state index contributed by atoms with van der Waals surface area (Å²) in [5.74, 6) is 2.03. The Morgan fingerprint density at radius 2 is 2.25 bits per heavy atom. The van der Waals surface area contributed by atoms with Gasteiger partial charge >= 0.3 is 0 Å². The van der Waals surface area contributed by atoms with Gasteiger partial charge in [-0.3, -0.25) is 0 Å². The summed E-state index contributed by atoms with van der Waals surface area (Å²) in [5.41, 5.74) is 1.18. The molecule has 62 valence electrons. The van der Waals surface area contributed by atoms with Crippen LogP contribution in [0.4, 0.5) is 0 Å². The Labute approximate surface area is 75.7 Å². The molecule has 0 saturated heterocycles. The van der Waals surface area contributed by atoms with Crippen LogP contribution in [0.3, 0.4) is 0 Å². The van der Waals surface area contributed by atoms with Crippen LogP contribution in [0.2, 0.25) is 0 Å². The van der Waals surface area contributed by atoms with E-state index in [2.05, 4.69) is 23.8 Å². The molecule has 0 aromatic carbocycles. The largest absolute Gasteiger partial charge is 0.461 e. The van der Waals surface area contributed by atoms with Gasteiger partial charge in [-0.1, -0.05) is 6.92 Å². The van der Waals surface area contributed by atoms with Gasteiger partial charge in [0.2, 0.25) is 0 Å². The van der Waals surface area contributed by atoms with Gasteiger partial charge in [0.15, 0.2) is 0 Å². The summed E-state index contributed by atoms with van der Waals surface area (Å²) in [6.07, 6.45) is 0.962. The van der Waals surface area contributed by atoms with Crippen LogP contribution in [0.1, 0.15) is 12.7 Å². The molecule has 0 aliphatic rings. The van der Waals surface area contributed by atoms with E-state index in [0.29, 0.717) is 0 Å². The summed E-state index contributed by atoms with van der Waals surface area (Å²) in [6.45, 7) is 2.09. The van der Waals surface area contributed by atoms with Gasteiger partial charge in [0, 0.05) is 17.4 Å². The molecule has 0 unspecified atom stereocenters. The van der Waals surface area contributed by atoms with E-state index in [0.717, 1.165) is 17.9 Å². The fourth-order valence-corrected chi connectivity index (χ4v) is 1.77. The number of rotatable bonds is 2. The lowest BCUT2D eigenvalue weighted by Crippen LogP contribution is -1.69. The Morgan fingerprint density at radius 1 is 1.33 bits per heavy atom. The molecule has 0 saturated carbocycles. The topological polar surface area (TPSA) is 13.1 Å². The standard InChI is InChI=1S/C10H10OS/c1-2-9-3-4-10(11-9)8-5-6-12-7-8/h3-7H,2H2,1H3. The van der Waals surface area contributed by atoms with Gasteiger partial charge in [-0.05, 0) is 23.6 Å². The maximum Gasteiger partial charge on any atom is 0.135 e. The van der Waals surface area contributed by atoms with Crippen LogP contribution in [-0.4, -0.2) is 0 Å². The lowest BCUT2D eigenvalue weighted by Gasteiger charge is -1.89. The van der Waals surface area contributed by atoms with Gasteiger partial charge in [0.05, 0.1) is 0 Å². The van der Waals surface area contributed by atoms with Crippen molar-refractivity contribution >= 4 is 11.3 Å². The van der Waals surface area contributed by atoms with Crippen LogP contribution in [0, 0.1) is 0 Å². The van der Waals surface area contributed by atoms with E-state index in [1.165, 1.54) is 5.56 Å². The predicted octanol–water partition coefficient (Wildman–Crippen LogP) is 3.57. The Kier molecular flexibility index (Phi) is 2.00. The third-order valence-electron chi connectivity index (χ3n) is 1.82. The molecule has 2 aromatic heterocycles. The monoisotopic (exact) mass is 178 g/mol. The molecule has 2 aromatic rings. The summed E-state index contributed by atoms with van der Waals surface area (Å²) < 4.78 is 5.58. The molecule has 0 amide bonds. The van der Waals surface area contributed by atoms with Crippen molar-refractivity contribution in [3.05, 3.63) is 34.7 Å². The van der Waals surface area contributed by atoms with Crippen molar-refractivity contribution in [2.24, 2.45) is 0 Å². The maximum atomic E-state index is 5.58. The maximum absolute atomic E-state index is 5.58. The van der Waals surface area contributed by atoms with E-state index in [1.807, 2.05) is 12.1 Å². The smallest absolute Gasteiger partial charge is 0.135 e. The van der Waals surface area contributed by atoms with Crippen LogP contribution in [-0.2, 0) is 6.42 Å². The van der Waals surface area contributed by atoms with Crippen LogP contribution < -0.4 is 0 Å². The number of thiophene rings is 1. The van der Waals surface area contributed by atoms with Crippen molar-refractivity contribution in [1.29, 1.82) is 0 Å². The summed E-state index contributed by atoms with van der Waals surface area (Å²) in [4.78, 5) is 0. The van der Waals surface area contributed by atoms with Crippen molar-refractivity contribution in [2.75, 3.05) is 0 Å². The lowest BCUT2D eigenvalue weighted by molar-refractivity contribution is 0.529. The molecule has 0 atom stereocenters. The van der Waals surface area contributed by atoms with Gasteiger partial charge < -0.3 is 4.42 Å². The molecule has 2 rings (SSSR count). The quantitative estimate of drug-likeness (QED) is 0.685. The SMILES string of the molecule is CCc1ccc(-c2ccsc2)o1. The van der Waals surface area contributed by atoms with Crippen molar-refractivity contribution in [3.63, 3.8) is 0 Å². The summed E-state index contributed by atoms with van der Waals surface area (Å²) in [5, 5.41) is 4.15. The molecule has 0 aliphatic heterocycles. The van der Waals surface area contributed by atoms with E-state index in [-0.39, 0.29) is 0 Å². The van der Waals surface area contributed by atoms with Crippen LogP contribution in [0.5, 0.6) is 0 Å². The molecule has 12 heavy (non-hydrogen) atoms. The summed E-state index contributed by atoms with van der Waals surface area (Å²) >= 11 is 1.69. The second kappa shape index (κ2) is 3.15. The molecular formula is C10H10OS. The Balaban J connectivity index is 2.35. The number of furan rings is 1. The lowest BCUT2D eigenvalue weighted by atomic mass is 10.3. The normalized spacial score (nSPS) is 10.4. The number of hydrogen-bond donors (Lipinski definition) is 0. The molecule has 0 fully saturated rings. The minimum atomic E-state index is 0.962. The summed E-state index contributed by atoms with van der Waals surface area (Å²) in [7, 11) is 0. The second-order valence-corrected chi connectivity index (χ2v) is 3.41.